The SMILES string of the molecule is CN1CCNC(CNC(=O)c2ccnc3nccnc23)C1. The molecule has 0 bridgehead atoms. The average molecular weight is 286 g/mol. The fraction of sp³-hybridized carbons (Fsp3) is 0.429. The summed E-state index contributed by atoms with van der Waals surface area (Å²) in [5, 5.41) is 6.35. The first-order chi connectivity index (χ1) is 10.2. The molecule has 0 spiro atoms. The lowest BCUT2D eigenvalue weighted by molar-refractivity contribution is 0.0945. The van der Waals surface area contributed by atoms with Crippen LogP contribution in [0.25, 0.3) is 11.2 Å². The van der Waals surface area contributed by atoms with Gasteiger partial charge >= 0.3 is 0 Å². The molecule has 21 heavy (non-hydrogen) atoms. The molecular formula is C14H18N6O. The van der Waals surface area contributed by atoms with Crippen LogP contribution in [0.1, 0.15) is 10.4 Å². The molecule has 7 heteroatoms. The highest BCUT2D eigenvalue weighted by atomic mass is 16.1. The summed E-state index contributed by atoms with van der Waals surface area (Å²) in [5.74, 6) is -0.141. The molecule has 2 N–H and O–H groups in total. The number of amides is 1. The second kappa shape index (κ2) is 6.11. The Morgan fingerprint density at radius 2 is 2.19 bits per heavy atom. The van der Waals surface area contributed by atoms with Gasteiger partial charge in [0.25, 0.3) is 5.91 Å². The van der Waals surface area contributed by atoms with Crippen LogP contribution >= 0.6 is 0 Å². The van der Waals surface area contributed by atoms with E-state index in [4.69, 9.17) is 0 Å². The Kier molecular flexibility index (Phi) is 4.03. The van der Waals surface area contributed by atoms with Crippen molar-refractivity contribution in [2.45, 2.75) is 6.04 Å². The van der Waals surface area contributed by atoms with Gasteiger partial charge in [-0.3, -0.25) is 9.78 Å². The first-order valence-electron chi connectivity index (χ1n) is 7.00. The Morgan fingerprint density at radius 3 is 3.05 bits per heavy atom. The van der Waals surface area contributed by atoms with Crippen molar-refractivity contribution in [2.24, 2.45) is 0 Å². The van der Waals surface area contributed by atoms with Crippen molar-refractivity contribution in [1.82, 2.24) is 30.5 Å². The number of carbonyl (C=O) groups is 1. The normalized spacial score (nSPS) is 19.6. The Hall–Kier alpha value is -2.12. The molecule has 0 aliphatic carbocycles. The third-order valence-corrected chi connectivity index (χ3v) is 3.58. The minimum Gasteiger partial charge on any atom is -0.350 e. The zero-order valence-corrected chi connectivity index (χ0v) is 11.9. The van der Waals surface area contributed by atoms with Gasteiger partial charge in [-0.25, -0.2) is 9.97 Å². The standard InChI is InChI=1S/C14H18N6O/c1-20-7-6-15-10(9-20)8-19-14(21)11-2-3-17-13-12(11)16-4-5-18-13/h2-5,10,15H,6-9H2,1H3,(H,19,21). The zero-order chi connectivity index (χ0) is 14.7. The number of nitrogens with one attached hydrogen (secondary N) is 2. The number of hydrogen-bond acceptors (Lipinski definition) is 6. The zero-order valence-electron chi connectivity index (χ0n) is 11.9. The van der Waals surface area contributed by atoms with E-state index in [1.807, 2.05) is 0 Å². The van der Waals surface area contributed by atoms with Gasteiger partial charge in [-0.05, 0) is 13.1 Å². The molecule has 110 valence electrons. The van der Waals surface area contributed by atoms with E-state index in [2.05, 4.69) is 37.5 Å². The highest BCUT2D eigenvalue weighted by Gasteiger charge is 2.18. The van der Waals surface area contributed by atoms with Crippen molar-refractivity contribution in [1.29, 1.82) is 0 Å². The second-order valence-electron chi connectivity index (χ2n) is 5.21. The molecule has 0 aromatic carbocycles. The molecule has 2 aromatic heterocycles. The van der Waals surface area contributed by atoms with Crippen molar-refractivity contribution in [2.75, 3.05) is 33.2 Å². The van der Waals surface area contributed by atoms with Crippen molar-refractivity contribution >= 4 is 17.1 Å². The highest BCUT2D eigenvalue weighted by molar-refractivity contribution is 6.03. The van der Waals surface area contributed by atoms with E-state index in [9.17, 15) is 4.79 Å². The maximum Gasteiger partial charge on any atom is 0.253 e. The summed E-state index contributed by atoms with van der Waals surface area (Å²) in [6.07, 6.45) is 4.72. The van der Waals surface area contributed by atoms with Gasteiger partial charge in [-0.15, -0.1) is 0 Å². The van der Waals surface area contributed by atoms with Crippen molar-refractivity contribution in [3.63, 3.8) is 0 Å². The average Bonchev–Trinajstić information content (AvgIpc) is 2.52. The molecule has 7 nitrogen and oxygen atoms in total. The van der Waals surface area contributed by atoms with Crippen LogP contribution in [0.3, 0.4) is 0 Å². The minimum absolute atomic E-state index is 0.141. The molecule has 1 fully saturated rings. The fourth-order valence-electron chi connectivity index (χ4n) is 2.50. The summed E-state index contributed by atoms with van der Waals surface area (Å²) in [5.41, 5.74) is 1.53. The van der Waals surface area contributed by atoms with Crippen LogP contribution in [0.15, 0.2) is 24.7 Å². The lowest BCUT2D eigenvalue weighted by Crippen LogP contribution is -2.53. The van der Waals surface area contributed by atoms with Gasteiger partial charge in [0.1, 0.15) is 5.52 Å². The summed E-state index contributed by atoms with van der Waals surface area (Å²) < 4.78 is 0. The van der Waals surface area contributed by atoms with Crippen LogP contribution in [0.2, 0.25) is 0 Å². The van der Waals surface area contributed by atoms with Crippen LogP contribution in [-0.4, -0.2) is 65.0 Å². The summed E-state index contributed by atoms with van der Waals surface area (Å²) in [4.78, 5) is 27.0. The number of likely N-dealkylation sites (N-methyl/N-ethyl adjacent to an activating group) is 1. The number of fused-ring (bicyclic) bond motifs is 1. The third kappa shape index (κ3) is 3.14. The maximum atomic E-state index is 12.3. The second-order valence-corrected chi connectivity index (χ2v) is 5.21. The highest BCUT2D eigenvalue weighted by Crippen LogP contribution is 2.11. The number of rotatable bonds is 3. The molecule has 3 rings (SSSR count). The first kappa shape index (κ1) is 13.8. The van der Waals surface area contributed by atoms with Crippen molar-refractivity contribution in [3.05, 3.63) is 30.2 Å². The van der Waals surface area contributed by atoms with E-state index in [1.165, 1.54) is 0 Å². The van der Waals surface area contributed by atoms with Crippen LogP contribution in [0, 0.1) is 0 Å². The number of piperazine rings is 1. The Morgan fingerprint density at radius 1 is 1.38 bits per heavy atom. The summed E-state index contributed by atoms with van der Waals surface area (Å²) in [7, 11) is 2.08. The third-order valence-electron chi connectivity index (χ3n) is 3.58. The van der Waals surface area contributed by atoms with E-state index < -0.39 is 0 Å². The molecular weight excluding hydrogens is 268 g/mol. The van der Waals surface area contributed by atoms with E-state index in [0.717, 1.165) is 19.6 Å². The predicted octanol–water partition coefficient (Wildman–Crippen LogP) is -0.342. The minimum atomic E-state index is -0.141. The Labute approximate surface area is 122 Å². The number of carbonyl (C=O) groups excluding carboxylic acids is 1. The largest absolute Gasteiger partial charge is 0.350 e. The lowest BCUT2D eigenvalue weighted by Gasteiger charge is -2.30. The van der Waals surface area contributed by atoms with Crippen LogP contribution in [0.5, 0.6) is 0 Å². The first-order valence-corrected chi connectivity index (χ1v) is 7.00. The van der Waals surface area contributed by atoms with Crippen LogP contribution in [0.4, 0.5) is 0 Å². The Bertz CT molecular complexity index is 641. The van der Waals surface area contributed by atoms with Gasteiger partial charge in [0, 0.05) is 50.8 Å². The quantitative estimate of drug-likeness (QED) is 0.803. The van der Waals surface area contributed by atoms with E-state index in [-0.39, 0.29) is 11.9 Å². The molecule has 1 atom stereocenters. The van der Waals surface area contributed by atoms with E-state index in [0.29, 0.717) is 23.3 Å². The molecule has 1 aliphatic rings. The molecule has 1 aliphatic heterocycles. The molecule has 1 amide bonds. The number of pyridine rings is 1. The molecule has 0 radical (unpaired) electrons. The van der Waals surface area contributed by atoms with E-state index in [1.54, 1.807) is 24.7 Å². The predicted molar refractivity (Wildman–Crippen MR) is 79.0 cm³/mol. The molecule has 1 saturated heterocycles. The molecule has 0 saturated carbocycles. The van der Waals surface area contributed by atoms with Crippen LogP contribution in [-0.2, 0) is 0 Å². The lowest BCUT2D eigenvalue weighted by atomic mass is 10.2. The molecule has 3 heterocycles. The number of hydrogen-bond donors (Lipinski definition) is 2. The van der Waals surface area contributed by atoms with Gasteiger partial charge in [0.2, 0.25) is 0 Å². The smallest absolute Gasteiger partial charge is 0.253 e. The number of aromatic nitrogens is 3. The fourth-order valence-corrected chi connectivity index (χ4v) is 2.50. The van der Waals surface area contributed by atoms with Gasteiger partial charge in [0.15, 0.2) is 5.65 Å². The summed E-state index contributed by atoms with van der Waals surface area (Å²) in [6.45, 7) is 3.50. The molecule has 2 aromatic rings. The Balaban J connectivity index is 1.69. The van der Waals surface area contributed by atoms with Crippen LogP contribution < -0.4 is 10.6 Å². The molecule has 1 unspecified atom stereocenters. The van der Waals surface area contributed by atoms with Gasteiger partial charge < -0.3 is 15.5 Å². The number of nitrogens with zero attached hydrogens (tertiary/aromatic N) is 4. The van der Waals surface area contributed by atoms with E-state index >= 15 is 0 Å². The van der Waals surface area contributed by atoms with Gasteiger partial charge in [-0.1, -0.05) is 0 Å². The summed E-state index contributed by atoms with van der Waals surface area (Å²) >= 11 is 0. The van der Waals surface area contributed by atoms with Crippen molar-refractivity contribution in [3.8, 4) is 0 Å². The maximum absolute atomic E-state index is 12.3. The summed E-state index contributed by atoms with van der Waals surface area (Å²) in [6, 6.07) is 1.94. The monoisotopic (exact) mass is 286 g/mol. The van der Waals surface area contributed by atoms with Crippen molar-refractivity contribution < 1.29 is 4.79 Å². The van der Waals surface area contributed by atoms with Gasteiger partial charge in [0.05, 0.1) is 5.56 Å². The topological polar surface area (TPSA) is 83.0 Å². The van der Waals surface area contributed by atoms with Gasteiger partial charge in [-0.2, -0.15) is 0 Å².